The molecule has 0 bridgehead atoms. The molecule has 84 valence electrons. The average molecular weight is 208 g/mol. The highest BCUT2D eigenvalue weighted by atomic mass is 16.1. The van der Waals surface area contributed by atoms with Gasteiger partial charge in [-0.1, -0.05) is 11.6 Å². The lowest BCUT2D eigenvalue weighted by atomic mass is 9.84. The zero-order chi connectivity index (χ0) is 11.3. The minimum Gasteiger partial charge on any atom is -0.300 e. The van der Waals surface area contributed by atoms with Crippen LogP contribution in [0.1, 0.15) is 52.4 Å². The van der Waals surface area contributed by atoms with Crippen molar-refractivity contribution in [2.75, 3.05) is 0 Å². The first-order valence-electron chi connectivity index (χ1n) is 5.77. The Morgan fingerprint density at radius 3 is 2.80 bits per heavy atom. The van der Waals surface area contributed by atoms with Crippen molar-refractivity contribution in [1.29, 1.82) is 0 Å². The van der Waals surface area contributed by atoms with E-state index in [0.717, 1.165) is 19.3 Å². The van der Waals surface area contributed by atoms with Gasteiger partial charge in [-0.3, -0.25) is 9.59 Å². The van der Waals surface area contributed by atoms with Crippen molar-refractivity contribution in [3.63, 3.8) is 0 Å². The van der Waals surface area contributed by atoms with Gasteiger partial charge in [0.1, 0.15) is 11.6 Å². The standard InChI is InChI=1S/C13H20O2/c1-10(2)5-3-8-13(15)11-6-4-7-12(14)9-11/h5,11H,3-4,6-9H2,1-2H3. The molecule has 0 amide bonds. The van der Waals surface area contributed by atoms with E-state index in [2.05, 4.69) is 6.08 Å². The summed E-state index contributed by atoms with van der Waals surface area (Å²) < 4.78 is 0. The van der Waals surface area contributed by atoms with Gasteiger partial charge in [0.05, 0.1) is 0 Å². The number of Topliss-reactive ketones (excluding diaryl/α,β-unsaturated/α-hetero) is 2. The van der Waals surface area contributed by atoms with Crippen molar-refractivity contribution in [1.82, 2.24) is 0 Å². The van der Waals surface area contributed by atoms with Crippen LogP contribution in [-0.2, 0) is 9.59 Å². The molecule has 1 saturated carbocycles. The van der Waals surface area contributed by atoms with Gasteiger partial charge >= 0.3 is 0 Å². The predicted molar refractivity (Wildman–Crippen MR) is 60.6 cm³/mol. The molecule has 0 aromatic heterocycles. The van der Waals surface area contributed by atoms with Gasteiger partial charge in [0.25, 0.3) is 0 Å². The molecule has 0 saturated heterocycles. The Kier molecular flexibility index (Phi) is 4.73. The van der Waals surface area contributed by atoms with Gasteiger partial charge in [0.2, 0.25) is 0 Å². The number of allylic oxidation sites excluding steroid dienone is 2. The number of carbonyl (C=O) groups excluding carboxylic acids is 2. The molecule has 1 unspecified atom stereocenters. The lowest BCUT2D eigenvalue weighted by Crippen LogP contribution is -2.22. The van der Waals surface area contributed by atoms with E-state index in [0.29, 0.717) is 19.3 Å². The minimum absolute atomic E-state index is 0.0248. The molecule has 0 radical (unpaired) electrons. The highest BCUT2D eigenvalue weighted by Crippen LogP contribution is 2.23. The van der Waals surface area contributed by atoms with Crippen LogP contribution in [0.3, 0.4) is 0 Å². The Bertz CT molecular complexity index is 272. The quantitative estimate of drug-likeness (QED) is 0.665. The van der Waals surface area contributed by atoms with E-state index in [-0.39, 0.29) is 17.5 Å². The van der Waals surface area contributed by atoms with E-state index in [1.165, 1.54) is 5.57 Å². The van der Waals surface area contributed by atoms with Crippen LogP contribution in [0.5, 0.6) is 0 Å². The molecule has 15 heavy (non-hydrogen) atoms. The largest absolute Gasteiger partial charge is 0.300 e. The van der Waals surface area contributed by atoms with E-state index >= 15 is 0 Å². The van der Waals surface area contributed by atoms with E-state index in [1.807, 2.05) is 13.8 Å². The van der Waals surface area contributed by atoms with Gasteiger partial charge in [0.15, 0.2) is 0 Å². The fraction of sp³-hybridized carbons (Fsp3) is 0.692. The summed E-state index contributed by atoms with van der Waals surface area (Å²) in [5, 5.41) is 0. The molecule has 1 aliphatic carbocycles. The van der Waals surface area contributed by atoms with Gasteiger partial charge in [-0.15, -0.1) is 0 Å². The van der Waals surface area contributed by atoms with Gasteiger partial charge in [-0.2, -0.15) is 0 Å². The lowest BCUT2D eigenvalue weighted by molar-refractivity contribution is -0.130. The van der Waals surface area contributed by atoms with Crippen molar-refractivity contribution in [3.8, 4) is 0 Å². The normalized spacial score (nSPS) is 21.2. The highest BCUT2D eigenvalue weighted by molar-refractivity contribution is 5.89. The van der Waals surface area contributed by atoms with Crippen molar-refractivity contribution in [2.45, 2.75) is 52.4 Å². The van der Waals surface area contributed by atoms with Crippen LogP contribution >= 0.6 is 0 Å². The van der Waals surface area contributed by atoms with Gasteiger partial charge in [-0.05, 0) is 33.1 Å². The number of hydrogen-bond donors (Lipinski definition) is 0. The summed E-state index contributed by atoms with van der Waals surface area (Å²) in [6.45, 7) is 4.07. The fourth-order valence-electron chi connectivity index (χ4n) is 2.01. The van der Waals surface area contributed by atoms with E-state index in [9.17, 15) is 9.59 Å². The molecule has 2 nitrogen and oxygen atoms in total. The Morgan fingerprint density at radius 1 is 1.47 bits per heavy atom. The number of ketones is 2. The monoisotopic (exact) mass is 208 g/mol. The highest BCUT2D eigenvalue weighted by Gasteiger charge is 2.24. The van der Waals surface area contributed by atoms with Crippen LogP contribution in [0.15, 0.2) is 11.6 Å². The molecule has 0 N–H and O–H groups in total. The maximum absolute atomic E-state index is 11.7. The molecule has 0 aliphatic heterocycles. The second kappa shape index (κ2) is 5.84. The fourth-order valence-corrected chi connectivity index (χ4v) is 2.01. The van der Waals surface area contributed by atoms with Crippen molar-refractivity contribution in [2.24, 2.45) is 5.92 Å². The molecule has 0 spiro atoms. The maximum atomic E-state index is 11.7. The van der Waals surface area contributed by atoms with Gasteiger partial charge in [0, 0.05) is 25.2 Å². The summed E-state index contributed by atoms with van der Waals surface area (Å²) in [6.07, 6.45) is 6.50. The van der Waals surface area contributed by atoms with Crippen molar-refractivity contribution >= 4 is 11.6 Å². The second-order valence-corrected chi connectivity index (χ2v) is 4.62. The van der Waals surface area contributed by atoms with Gasteiger partial charge < -0.3 is 0 Å². The summed E-state index contributed by atoms with van der Waals surface area (Å²) in [6, 6.07) is 0. The molecular formula is C13H20O2. The second-order valence-electron chi connectivity index (χ2n) is 4.62. The SMILES string of the molecule is CC(C)=CCCC(=O)C1CCCC(=O)C1. The first kappa shape index (κ1) is 12.2. The number of hydrogen-bond acceptors (Lipinski definition) is 2. The predicted octanol–water partition coefficient (Wildman–Crippen LogP) is 3.06. The Morgan fingerprint density at radius 2 is 2.20 bits per heavy atom. The summed E-state index contributed by atoms with van der Waals surface area (Å²) >= 11 is 0. The van der Waals surface area contributed by atoms with Crippen LogP contribution < -0.4 is 0 Å². The van der Waals surface area contributed by atoms with E-state index in [1.54, 1.807) is 0 Å². The van der Waals surface area contributed by atoms with Crippen molar-refractivity contribution in [3.05, 3.63) is 11.6 Å². The topological polar surface area (TPSA) is 34.1 Å². The molecule has 0 aromatic carbocycles. The number of rotatable bonds is 4. The zero-order valence-corrected chi connectivity index (χ0v) is 9.71. The maximum Gasteiger partial charge on any atom is 0.136 e. The van der Waals surface area contributed by atoms with Gasteiger partial charge in [-0.25, -0.2) is 0 Å². The van der Waals surface area contributed by atoms with Crippen LogP contribution in [0, 0.1) is 5.92 Å². The third kappa shape index (κ3) is 4.41. The summed E-state index contributed by atoms with van der Waals surface area (Å²) in [4.78, 5) is 22.9. The lowest BCUT2D eigenvalue weighted by Gasteiger charge is -2.19. The summed E-state index contributed by atoms with van der Waals surface area (Å²) in [5.41, 5.74) is 1.25. The first-order chi connectivity index (χ1) is 7.09. The molecule has 0 heterocycles. The molecule has 1 rings (SSSR count). The van der Waals surface area contributed by atoms with E-state index in [4.69, 9.17) is 0 Å². The molecule has 2 heteroatoms. The minimum atomic E-state index is 0.0248. The zero-order valence-electron chi connectivity index (χ0n) is 9.71. The third-order valence-electron chi connectivity index (χ3n) is 2.88. The van der Waals surface area contributed by atoms with Crippen LogP contribution in [0.2, 0.25) is 0 Å². The van der Waals surface area contributed by atoms with Crippen LogP contribution in [0.25, 0.3) is 0 Å². The molecule has 1 atom stereocenters. The number of carbonyl (C=O) groups is 2. The van der Waals surface area contributed by atoms with Crippen molar-refractivity contribution < 1.29 is 9.59 Å². The smallest absolute Gasteiger partial charge is 0.136 e. The Balaban J connectivity index is 2.33. The molecule has 0 aromatic rings. The Labute approximate surface area is 91.7 Å². The van der Waals surface area contributed by atoms with Crippen LogP contribution in [0.4, 0.5) is 0 Å². The summed E-state index contributed by atoms with van der Waals surface area (Å²) in [5.74, 6) is 0.569. The van der Waals surface area contributed by atoms with Crippen LogP contribution in [-0.4, -0.2) is 11.6 Å². The summed E-state index contributed by atoms with van der Waals surface area (Å²) in [7, 11) is 0. The molecule has 1 fully saturated rings. The first-order valence-corrected chi connectivity index (χ1v) is 5.77. The average Bonchev–Trinajstić information content (AvgIpc) is 2.17. The molecule has 1 aliphatic rings. The van der Waals surface area contributed by atoms with E-state index < -0.39 is 0 Å². The third-order valence-corrected chi connectivity index (χ3v) is 2.88. The molecular weight excluding hydrogens is 188 g/mol. The Hall–Kier alpha value is -0.920.